The molecule has 0 saturated carbocycles. The van der Waals surface area contributed by atoms with Crippen LogP contribution in [0.15, 0.2) is 30.4 Å². The SMILES string of the molecule is CN(C(=O)Cc1ccc(Cl)c(Cl)c1)[C@H]1C=CCC[C@@H]1N1CCCC1. The van der Waals surface area contributed by atoms with Crippen LogP contribution in [-0.2, 0) is 11.2 Å². The lowest BCUT2D eigenvalue weighted by Crippen LogP contribution is -2.52. The molecule has 0 unspecified atom stereocenters. The minimum atomic E-state index is 0.120. The highest BCUT2D eigenvalue weighted by Crippen LogP contribution is 2.26. The number of nitrogens with zero attached hydrogens (tertiary/aromatic N) is 2. The molecule has 1 fully saturated rings. The maximum atomic E-state index is 12.8. The summed E-state index contributed by atoms with van der Waals surface area (Å²) in [5.41, 5.74) is 0.902. The van der Waals surface area contributed by atoms with Gasteiger partial charge >= 0.3 is 0 Å². The minimum absolute atomic E-state index is 0.120. The zero-order chi connectivity index (χ0) is 17.1. The molecule has 1 aromatic carbocycles. The summed E-state index contributed by atoms with van der Waals surface area (Å²) in [6.07, 6.45) is 9.55. The van der Waals surface area contributed by atoms with Crippen molar-refractivity contribution in [1.29, 1.82) is 0 Å². The number of amides is 1. The molecule has 2 aliphatic rings. The van der Waals surface area contributed by atoms with Crippen molar-refractivity contribution in [2.45, 2.75) is 44.2 Å². The Kier molecular flexibility index (Phi) is 5.85. The molecule has 24 heavy (non-hydrogen) atoms. The number of likely N-dealkylation sites (tertiary alicyclic amines) is 1. The van der Waals surface area contributed by atoms with Gasteiger partial charge in [0.05, 0.1) is 22.5 Å². The van der Waals surface area contributed by atoms with E-state index >= 15 is 0 Å². The van der Waals surface area contributed by atoms with Crippen LogP contribution in [0.1, 0.15) is 31.2 Å². The number of halogens is 2. The first kappa shape index (κ1) is 17.8. The van der Waals surface area contributed by atoms with Gasteiger partial charge in [-0.2, -0.15) is 0 Å². The van der Waals surface area contributed by atoms with Gasteiger partial charge < -0.3 is 4.90 Å². The molecule has 2 atom stereocenters. The van der Waals surface area contributed by atoms with Gasteiger partial charge in [0, 0.05) is 13.1 Å². The normalized spacial score (nSPS) is 24.3. The van der Waals surface area contributed by atoms with Crippen molar-refractivity contribution in [2.24, 2.45) is 0 Å². The lowest BCUT2D eigenvalue weighted by molar-refractivity contribution is -0.131. The van der Waals surface area contributed by atoms with Gasteiger partial charge in [0.25, 0.3) is 0 Å². The zero-order valence-electron chi connectivity index (χ0n) is 14.0. The zero-order valence-corrected chi connectivity index (χ0v) is 15.6. The van der Waals surface area contributed by atoms with Crippen LogP contribution >= 0.6 is 23.2 Å². The summed E-state index contributed by atoms with van der Waals surface area (Å²) in [4.78, 5) is 17.2. The number of allylic oxidation sites excluding steroid dienone is 1. The molecule has 130 valence electrons. The van der Waals surface area contributed by atoms with Gasteiger partial charge in [-0.15, -0.1) is 0 Å². The summed E-state index contributed by atoms with van der Waals surface area (Å²) < 4.78 is 0. The molecule has 3 nitrogen and oxygen atoms in total. The van der Waals surface area contributed by atoms with Crippen LogP contribution in [0.5, 0.6) is 0 Å². The number of carbonyl (C=O) groups is 1. The molecule has 0 radical (unpaired) electrons. The maximum absolute atomic E-state index is 12.8. The highest BCUT2D eigenvalue weighted by Gasteiger charge is 2.33. The third kappa shape index (κ3) is 3.96. The van der Waals surface area contributed by atoms with E-state index < -0.39 is 0 Å². The fourth-order valence-corrected chi connectivity index (χ4v) is 4.10. The Balaban J connectivity index is 1.69. The lowest BCUT2D eigenvalue weighted by Gasteiger charge is -2.40. The number of hydrogen-bond donors (Lipinski definition) is 0. The number of rotatable bonds is 4. The van der Waals surface area contributed by atoms with E-state index in [1.165, 1.54) is 12.8 Å². The molecule has 0 bridgehead atoms. The van der Waals surface area contributed by atoms with Gasteiger partial charge in [0.2, 0.25) is 5.91 Å². The van der Waals surface area contributed by atoms with Crippen molar-refractivity contribution in [2.75, 3.05) is 20.1 Å². The number of likely N-dealkylation sites (N-methyl/N-ethyl adjacent to an activating group) is 1. The molecule has 1 aliphatic heterocycles. The summed E-state index contributed by atoms with van der Waals surface area (Å²) in [6.45, 7) is 2.31. The predicted octanol–water partition coefficient (Wildman–Crippen LogP) is 4.18. The van der Waals surface area contributed by atoms with E-state index in [0.717, 1.165) is 31.5 Å². The second kappa shape index (κ2) is 7.90. The molecule has 5 heteroatoms. The van der Waals surface area contributed by atoms with Crippen LogP contribution in [0.25, 0.3) is 0 Å². The minimum Gasteiger partial charge on any atom is -0.337 e. The van der Waals surface area contributed by atoms with E-state index in [4.69, 9.17) is 23.2 Å². The van der Waals surface area contributed by atoms with Gasteiger partial charge in [-0.1, -0.05) is 41.4 Å². The van der Waals surface area contributed by atoms with Crippen molar-refractivity contribution in [3.8, 4) is 0 Å². The van der Waals surface area contributed by atoms with Crippen LogP contribution in [0.2, 0.25) is 10.0 Å². The Bertz CT molecular complexity index is 626. The highest BCUT2D eigenvalue weighted by atomic mass is 35.5. The number of carbonyl (C=O) groups excluding carboxylic acids is 1. The molecule has 3 rings (SSSR count). The van der Waals surface area contributed by atoms with Crippen LogP contribution < -0.4 is 0 Å². The average molecular weight is 367 g/mol. The molecule has 0 N–H and O–H groups in total. The van der Waals surface area contributed by atoms with E-state index in [2.05, 4.69) is 17.1 Å². The Hall–Kier alpha value is -1.03. The van der Waals surface area contributed by atoms with Gasteiger partial charge in [0.15, 0.2) is 0 Å². The van der Waals surface area contributed by atoms with Gasteiger partial charge in [-0.05, 0) is 56.5 Å². The standard InChI is InChI=1S/C19H24Cl2N2O/c1-22(19(24)13-14-8-9-15(20)16(21)12-14)17-6-2-3-7-18(17)23-10-4-5-11-23/h2,6,8-9,12,17-18H,3-5,7,10-11,13H2,1H3/t17-,18-/m0/s1. The Morgan fingerprint density at radius 2 is 2.00 bits per heavy atom. The summed E-state index contributed by atoms with van der Waals surface area (Å²) in [6, 6.07) is 6.01. The molecular formula is C19H24Cl2N2O. The molecule has 0 spiro atoms. The number of hydrogen-bond acceptors (Lipinski definition) is 2. The van der Waals surface area contributed by atoms with Crippen molar-refractivity contribution in [3.63, 3.8) is 0 Å². The van der Waals surface area contributed by atoms with E-state index in [0.29, 0.717) is 22.5 Å². The Morgan fingerprint density at radius 3 is 2.71 bits per heavy atom. The molecule has 1 saturated heterocycles. The van der Waals surface area contributed by atoms with E-state index in [1.807, 2.05) is 18.0 Å². The quantitative estimate of drug-likeness (QED) is 0.746. The van der Waals surface area contributed by atoms with Crippen molar-refractivity contribution in [1.82, 2.24) is 9.80 Å². The topological polar surface area (TPSA) is 23.6 Å². The van der Waals surface area contributed by atoms with Crippen LogP contribution in [-0.4, -0.2) is 47.9 Å². The van der Waals surface area contributed by atoms with Gasteiger partial charge in [-0.3, -0.25) is 9.69 Å². The third-order valence-corrected chi connectivity index (χ3v) is 5.89. The van der Waals surface area contributed by atoms with Crippen molar-refractivity contribution in [3.05, 3.63) is 46.0 Å². The van der Waals surface area contributed by atoms with Gasteiger partial charge in [0.1, 0.15) is 0 Å². The van der Waals surface area contributed by atoms with Crippen LogP contribution in [0.4, 0.5) is 0 Å². The summed E-state index contributed by atoms with van der Waals surface area (Å²) >= 11 is 12.0. The molecule has 1 aliphatic carbocycles. The summed E-state index contributed by atoms with van der Waals surface area (Å²) in [5, 5.41) is 1.02. The Morgan fingerprint density at radius 1 is 1.25 bits per heavy atom. The fraction of sp³-hybridized carbons (Fsp3) is 0.526. The van der Waals surface area contributed by atoms with E-state index in [-0.39, 0.29) is 11.9 Å². The first-order valence-corrected chi connectivity index (χ1v) is 9.42. The third-order valence-electron chi connectivity index (χ3n) is 5.15. The molecular weight excluding hydrogens is 343 g/mol. The van der Waals surface area contributed by atoms with Crippen molar-refractivity contribution < 1.29 is 4.79 Å². The smallest absolute Gasteiger partial charge is 0.227 e. The van der Waals surface area contributed by atoms with Crippen molar-refractivity contribution >= 4 is 29.1 Å². The van der Waals surface area contributed by atoms with Crippen LogP contribution in [0, 0.1) is 0 Å². The molecule has 1 heterocycles. The first-order valence-electron chi connectivity index (χ1n) is 8.66. The number of benzene rings is 1. The maximum Gasteiger partial charge on any atom is 0.227 e. The first-order chi connectivity index (χ1) is 11.6. The monoisotopic (exact) mass is 366 g/mol. The van der Waals surface area contributed by atoms with Crippen LogP contribution in [0.3, 0.4) is 0 Å². The second-order valence-corrected chi connectivity index (χ2v) is 7.55. The largest absolute Gasteiger partial charge is 0.337 e. The predicted molar refractivity (Wildman–Crippen MR) is 99.7 cm³/mol. The Labute approximate surface area is 154 Å². The highest BCUT2D eigenvalue weighted by molar-refractivity contribution is 6.42. The van der Waals surface area contributed by atoms with E-state index in [1.54, 1.807) is 12.1 Å². The molecule has 1 amide bonds. The van der Waals surface area contributed by atoms with E-state index in [9.17, 15) is 4.79 Å². The second-order valence-electron chi connectivity index (χ2n) is 6.74. The summed E-state index contributed by atoms with van der Waals surface area (Å²) in [7, 11) is 1.92. The summed E-state index contributed by atoms with van der Waals surface area (Å²) in [5.74, 6) is 0.120. The average Bonchev–Trinajstić information content (AvgIpc) is 3.12. The molecule has 1 aromatic rings. The van der Waals surface area contributed by atoms with Gasteiger partial charge in [-0.25, -0.2) is 0 Å². The molecule has 0 aromatic heterocycles. The lowest BCUT2D eigenvalue weighted by atomic mass is 9.94. The fourth-order valence-electron chi connectivity index (χ4n) is 3.78.